The lowest BCUT2D eigenvalue weighted by Crippen LogP contribution is -2.12. The number of aromatic amines is 1. The number of nitrogens with one attached hydrogen (secondary N) is 2. The minimum Gasteiger partial charge on any atom is -0.374 e. The Morgan fingerprint density at radius 1 is 1.00 bits per heavy atom. The number of para-hydroxylation sites is 1. The SMILES string of the molecule is C=Cc1c(C(Nc2ccccc2)c2ccccc2)c[nH]c1C. The number of hydrogen-bond acceptors (Lipinski definition) is 1. The van der Waals surface area contributed by atoms with Gasteiger partial charge in [-0.1, -0.05) is 61.2 Å². The fourth-order valence-corrected chi connectivity index (χ4v) is 2.75. The van der Waals surface area contributed by atoms with Crippen molar-refractivity contribution in [2.75, 3.05) is 5.32 Å². The molecule has 1 unspecified atom stereocenters. The zero-order chi connectivity index (χ0) is 15.4. The summed E-state index contributed by atoms with van der Waals surface area (Å²) >= 11 is 0. The Morgan fingerprint density at radius 3 is 2.27 bits per heavy atom. The zero-order valence-electron chi connectivity index (χ0n) is 12.7. The second kappa shape index (κ2) is 6.35. The van der Waals surface area contributed by atoms with E-state index in [1.165, 1.54) is 11.1 Å². The molecule has 1 heterocycles. The van der Waals surface area contributed by atoms with Crippen LogP contribution in [0.15, 0.2) is 73.4 Å². The van der Waals surface area contributed by atoms with E-state index in [4.69, 9.17) is 0 Å². The van der Waals surface area contributed by atoms with Gasteiger partial charge in [0.2, 0.25) is 0 Å². The van der Waals surface area contributed by atoms with Gasteiger partial charge in [-0.2, -0.15) is 0 Å². The molecule has 0 fully saturated rings. The lowest BCUT2D eigenvalue weighted by Gasteiger charge is -2.21. The predicted octanol–water partition coefficient (Wildman–Crippen LogP) is 5.17. The maximum absolute atomic E-state index is 3.96. The average Bonchev–Trinajstić information content (AvgIpc) is 2.95. The summed E-state index contributed by atoms with van der Waals surface area (Å²) in [6, 6.07) is 20.9. The second-order valence-corrected chi connectivity index (χ2v) is 5.34. The Morgan fingerprint density at radius 2 is 1.64 bits per heavy atom. The van der Waals surface area contributed by atoms with Crippen molar-refractivity contribution in [1.29, 1.82) is 0 Å². The Bertz CT molecular complexity index is 742. The molecular weight excluding hydrogens is 268 g/mol. The molecule has 2 aromatic carbocycles. The Hall–Kier alpha value is -2.74. The lowest BCUT2D eigenvalue weighted by atomic mass is 9.96. The minimum atomic E-state index is 0.0848. The number of aryl methyl sites for hydroxylation is 1. The maximum Gasteiger partial charge on any atom is 0.0788 e. The highest BCUT2D eigenvalue weighted by atomic mass is 14.9. The van der Waals surface area contributed by atoms with E-state index in [0.29, 0.717) is 0 Å². The molecule has 0 aliphatic carbocycles. The molecule has 3 rings (SSSR count). The first-order chi connectivity index (χ1) is 10.8. The Kier molecular flexibility index (Phi) is 4.10. The summed E-state index contributed by atoms with van der Waals surface area (Å²) in [4.78, 5) is 3.31. The monoisotopic (exact) mass is 288 g/mol. The van der Waals surface area contributed by atoms with Crippen molar-refractivity contribution in [2.45, 2.75) is 13.0 Å². The summed E-state index contributed by atoms with van der Waals surface area (Å²) < 4.78 is 0. The summed E-state index contributed by atoms with van der Waals surface area (Å²) in [5, 5.41) is 3.63. The number of benzene rings is 2. The molecule has 0 spiro atoms. The summed E-state index contributed by atoms with van der Waals surface area (Å²) in [6.45, 7) is 6.03. The lowest BCUT2D eigenvalue weighted by molar-refractivity contribution is 0.939. The first kappa shape index (κ1) is 14.2. The molecule has 2 N–H and O–H groups in total. The summed E-state index contributed by atoms with van der Waals surface area (Å²) in [7, 11) is 0. The molecule has 0 aliphatic heterocycles. The predicted molar refractivity (Wildman–Crippen MR) is 94.0 cm³/mol. The van der Waals surface area contributed by atoms with Crippen LogP contribution in [0.4, 0.5) is 5.69 Å². The Balaban J connectivity index is 2.05. The van der Waals surface area contributed by atoms with Crippen LogP contribution in [0.5, 0.6) is 0 Å². The molecule has 0 radical (unpaired) electrons. The van der Waals surface area contributed by atoms with Crippen LogP contribution in [-0.4, -0.2) is 4.98 Å². The maximum atomic E-state index is 3.96. The number of rotatable bonds is 5. The average molecular weight is 288 g/mol. The van der Waals surface area contributed by atoms with Gasteiger partial charge in [0.15, 0.2) is 0 Å². The van der Waals surface area contributed by atoms with Gasteiger partial charge < -0.3 is 10.3 Å². The minimum absolute atomic E-state index is 0.0848. The van der Waals surface area contributed by atoms with E-state index < -0.39 is 0 Å². The first-order valence-electron chi connectivity index (χ1n) is 7.46. The van der Waals surface area contributed by atoms with Crippen molar-refractivity contribution in [1.82, 2.24) is 4.98 Å². The molecular formula is C20H20N2. The number of hydrogen-bond donors (Lipinski definition) is 2. The van der Waals surface area contributed by atoms with Crippen LogP contribution in [-0.2, 0) is 0 Å². The highest BCUT2D eigenvalue weighted by Gasteiger charge is 2.18. The van der Waals surface area contributed by atoms with Crippen molar-refractivity contribution >= 4 is 11.8 Å². The highest BCUT2D eigenvalue weighted by Crippen LogP contribution is 2.30. The number of H-pyrrole nitrogens is 1. The highest BCUT2D eigenvalue weighted by molar-refractivity contribution is 5.60. The van der Waals surface area contributed by atoms with Crippen LogP contribution in [0.25, 0.3) is 6.08 Å². The third-order valence-corrected chi connectivity index (χ3v) is 3.89. The van der Waals surface area contributed by atoms with E-state index >= 15 is 0 Å². The van der Waals surface area contributed by atoms with E-state index in [9.17, 15) is 0 Å². The van der Waals surface area contributed by atoms with Gasteiger partial charge in [-0.25, -0.2) is 0 Å². The number of anilines is 1. The standard InChI is InChI=1S/C20H20N2/c1-3-18-15(2)21-14-19(18)20(16-10-6-4-7-11-16)22-17-12-8-5-9-13-17/h3-14,20-22H,1H2,2H3. The van der Waals surface area contributed by atoms with Crippen molar-refractivity contribution in [3.63, 3.8) is 0 Å². The van der Waals surface area contributed by atoms with Gasteiger partial charge in [0.05, 0.1) is 6.04 Å². The summed E-state index contributed by atoms with van der Waals surface area (Å²) in [6.07, 6.45) is 3.99. The molecule has 1 atom stereocenters. The van der Waals surface area contributed by atoms with E-state index in [1.54, 1.807) is 0 Å². The van der Waals surface area contributed by atoms with Crippen LogP contribution < -0.4 is 5.32 Å². The fourth-order valence-electron chi connectivity index (χ4n) is 2.75. The molecule has 0 bridgehead atoms. The van der Waals surface area contributed by atoms with E-state index in [-0.39, 0.29) is 6.04 Å². The van der Waals surface area contributed by atoms with E-state index in [2.05, 4.69) is 66.4 Å². The van der Waals surface area contributed by atoms with Crippen molar-refractivity contribution < 1.29 is 0 Å². The zero-order valence-corrected chi connectivity index (χ0v) is 12.7. The molecule has 0 amide bonds. The van der Waals surface area contributed by atoms with Crippen LogP contribution in [0.2, 0.25) is 0 Å². The van der Waals surface area contributed by atoms with Crippen molar-refractivity contribution in [3.05, 3.63) is 95.8 Å². The quantitative estimate of drug-likeness (QED) is 0.666. The molecule has 110 valence electrons. The van der Waals surface area contributed by atoms with Gasteiger partial charge in [-0.3, -0.25) is 0 Å². The molecule has 3 aromatic rings. The fraction of sp³-hybridized carbons (Fsp3) is 0.100. The van der Waals surface area contributed by atoms with Gasteiger partial charge in [-0.05, 0) is 30.2 Å². The number of aromatic nitrogens is 1. The van der Waals surface area contributed by atoms with Gasteiger partial charge in [0.1, 0.15) is 0 Å². The molecule has 0 aliphatic rings. The Labute approximate surface area is 131 Å². The normalized spacial score (nSPS) is 11.9. The molecule has 22 heavy (non-hydrogen) atoms. The van der Waals surface area contributed by atoms with Gasteiger partial charge in [0.25, 0.3) is 0 Å². The third kappa shape index (κ3) is 2.82. The van der Waals surface area contributed by atoms with Crippen molar-refractivity contribution in [3.8, 4) is 0 Å². The van der Waals surface area contributed by atoms with Gasteiger partial charge in [-0.15, -0.1) is 0 Å². The molecule has 0 saturated heterocycles. The molecule has 2 heteroatoms. The third-order valence-electron chi connectivity index (χ3n) is 3.89. The summed E-state index contributed by atoms with van der Waals surface area (Å²) in [5.74, 6) is 0. The molecule has 1 aromatic heterocycles. The second-order valence-electron chi connectivity index (χ2n) is 5.34. The van der Waals surface area contributed by atoms with Gasteiger partial charge >= 0.3 is 0 Å². The van der Waals surface area contributed by atoms with Crippen LogP contribution in [0.3, 0.4) is 0 Å². The van der Waals surface area contributed by atoms with Gasteiger partial charge in [0, 0.05) is 23.1 Å². The molecule has 2 nitrogen and oxygen atoms in total. The summed E-state index contributed by atoms with van der Waals surface area (Å²) in [5.41, 5.74) is 5.85. The smallest absolute Gasteiger partial charge is 0.0788 e. The van der Waals surface area contributed by atoms with Crippen LogP contribution in [0, 0.1) is 6.92 Å². The largest absolute Gasteiger partial charge is 0.374 e. The first-order valence-corrected chi connectivity index (χ1v) is 7.46. The van der Waals surface area contributed by atoms with Crippen LogP contribution >= 0.6 is 0 Å². The van der Waals surface area contributed by atoms with Crippen LogP contribution in [0.1, 0.15) is 28.4 Å². The van der Waals surface area contributed by atoms with E-state index in [0.717, 1.165) is 16.9 Å². The topological polar surface area (TPSA) is 27.8 Å². The van der Waals surface area contributed by atoms with E-state index in [1.807, 2.05) is 30.3 Å². The van der Waals surface area contributed by atoms with Crippen molar-refractivity contribution in [2.24, 2.45) is 0 Å². The molecule has 0 saturated carbocycles.